The Morgan fingerprint density at radius 3 is 2.59 bits per heavy atom. The average molecular weight is 241 g/mol. The van der Waals surface area contributed by atoms with Crippen molar-refractivity contribution in [1.29, 1.82) is 0 Å². The molecule has 0 radical (unpaired) electrons. The minimum absolute atomic E-state index is 0.113. The van der Waals surface area contributed by atoms with E-state index in [1.165, 1.54) is 0 Å². The summed E-state index contributed by atoms with van der Waals surface area (Å²) in [7, 11) is 0. The predicted molar refractivity (Wildman–Crippen MR) is 67.5 cm³/mol. The number of hydrogen-bond acceptors (Lipinski definition) is 3. The highest BCUT2D eigenvalue weighted by molar-refractivity contribution is 6.09. The largest absolute Gasteiger partial charge is 0.395 e. The lowest BCUT2D eigenvalue weighted by atomic mass is 9.98. The van der Waals surface area contributed by atoms with Crippen LogP contribution in [0.4, 0.5) is 0 Å². The molecule has 17 heavy (non-hydrogen) atoms. The normalized spacial score (nSPS) is 13.3. The number of aliphatic hydroxyl groups is 1. The van der Waals surface area contributed by atoms with Gasteiger partial charge in [0, 0.05) is 6.54 Å². The molecule has 0 rings (SSSR count). The number of nitrogens with one attached hydrogen (secondary N) is 1. The molecule has 98 valence electrons. The Kier molecular flexibility index (Phi) is 8.32. The van der Waals surface area contributed by atoms with Gasteiger partial charge in [0.25, 0.3) is 0 Å². The van der Waals surface area contributed by atoms with E-state index in [4.69, 9.17) is 5.11 Å². The first-order chi connectivity index (χ1) is 8.04. The summed E-state index contributed by atoms with van der Waals surface area (Å²) in [6.07, 6.45) is 4.90. The summed E-state index contributed by atoms with van der Waals surface area (Å²) in [5.74, 6) is -1.15. The van der Waals surface area contributed by atoms with E-state index in [2.05, 4.69) is 12.2 Å². The Balaban J connectivity index is 4.28. The van der Waals surface area contributed by atoms with Crippen LogP contribution in [0.1, 0.15) is 40.0 Å². The van der Waals surface area contributed by atoms with E-state index < -0.39 is 5.92 Å². The zero-order valence-corrected chi connectivity index (χ0v) is 11.0. The molecule has 0 saturated heterocycles. The third-order valence-electron chi connectivity index (χ3n) is 2.59. The highest BCUT2D eigenvalue weighted by Gasteiger charge is 2.21. The lowest BCUT2D eigenvalue weighted by Crippen LogP contribution is -2.35. The molecule has 0 aliphatic heterocycles. The molecule has 1 atom stereocenters. The molecule has 2 N–H and O–H groups in total. The maximum atomic E-state index is 11.9. The van der Waals surface area contributed by atoms with Crippen LogP contribution in [0.3, 0.4) is 0 Å². The van der Waals surface area contributed by atoms with E-state index in [-0.39, 0.29) is 24.8 Å². The van der Waals surface area contributed by atoms with Gasteiger partial charge in [0.15, 0.2) is 5.78 Å². The van der Waals surface area contributed by atoms with Crippen molar-refractivity contribution in [3.63, 3.8) is 0 Å². The van der Waals surface area contributed by atoms with Crippen LogP contribution >= 0.6 is 0 Å². The second-order valence-corrected chi connectivity index (χ2v) is 4.13. The quantitative estimate of drug-likeness (QED) is 0.384. The summed E-state index contributed by atoms with van der Waals surface area (Å²) < 4.78 is 0. The number of allylic oxidation sites excluding steroid dienone is 2. The zero-order chi connectivity index (χ0) is 13.3. The number of aliphatic hydroxyl groups excluding tert-OH is 1. The Bertz CT molecular complexity index is 284. The Morgan fingerprint density at radius 2 is 2.06 bits per heavy atom. The number of carbonyl (C=O) groups excluding carboxylic acids is 2. The molecule has 4 nitrogen and oxygen atoms in total. The van der Waals surface area contributed by atoms with Gasteiger partial charge in [-0.05, 0) is 25.8 Å². The maximum absolute atomic E-state index is 11.9. The van der Waals surface area contributed by atoms with Crippen molar-refractivity contribution in [1.82, 2.24) is 5.32 Å². The first kappa shape index (κ1) is 15.8. The standard InChI is InChI=1S/C13H23NO3/c1-4-5-6-7-10(2)12(16)11(3)13(17)14-8-9-15/h7,11,15H,4-6,8-9H2,1-3H3,(H,14,17)/b10-7+/t11-/m1/s1. The molecule has 0 aromatic carbocycles. The van der Waals surface area contributed by atoms with Crippen LogP contribution in [0.5, 0.6) is 0 Å². The van der Waals surface area contributed by atoms with Crippen LogP contribution in [0, 0.1) is 5.92 Å². The monoisotopic (exact) mass is 241 g/mol. The Hall–Kier alpha value is -1.16. The highest BCUT2D eigenvalue weighted by Crippen LogP contribution is 2.09. The van der Waals surface area contributed by atoms with E-state index in [9.17, 15) is 9.59 Å². The summed E-state index contributed by atoms with van der Waals surface area (Å²) in [5, 5.41) is 11.1. The number of ketones is 1. The fraction of sp³-hybridized carbons (Fsp3) is 0.692. The van der Waals surface area contributed by atoms with E-state index in [0.29, 0.717) is 5.57 Å². The average Bonchev–Trinajstić information content (AvgIpc) is 2.34. The first-order valence-electron chi connectivity index (χ1n) is 6.14. The van der Waals surface area contributed by atoms with Crippen molar-refractivity contribution in [2.75, 3.05) is 13.2 Å². The maximum Gasteiger partial charge on any atom is 0.230 e. The third-order valence-corrected chi connectivity index (χ3v) is 2.59. The summed E-state index contributed by atoms with van der Waals surface area (Å²) in [5.41, 5.74) is 0.644. The molecule has 0 aromatic heterocycles. The molecule has 0 fully saturated rings. The van der Waals surface area contributed by atoms with Gasteiger partial charge in [-0.3, -0.25) is 9.59 Å². The zero-order valence-electron chi connectivity index (χ0n) is 11.0. The van der Waals surface area contributed by atoms with Gasteiger partial charge in [0.05, 0.1) is 12.5 Å². The lowest BCUT2D eigenvalue weighted by molar-refractivity contribution is -0.131. The van der Waals surface area contributed by atoms with Crippen LogP contribution in [0.25, 0.3) is 0 Å². The molecule has 0 aliphatic rings. The van der Waals surface area contributed by atoms with Gasteiger partial charge >= 0.3 is 0 Å². The Morgan fingerprint density at radius 1 is 1.41 bits per heavy atom. The van der Waals surface area contributed by atoms with Gasteiger partial charge in [0.1, 0.15) is 0 Å². The molecule has 1 amide bonds. The number of Topliss-reactive ketones (excluding diaryl/α,β-unsaturated/α-hetero) is 1. The van der Waals surface area contributed by atoms with Gasteiger partial charge in [-0.2, -0.15) is 0 Å². The number of unbranched alkanes of at least 4 members (excludes halogenated alkanes) is 2. The van der Waals surface area contributed by atoms with E-state index >= 15 is 0 Å². The van der Waals surface area contributed by atoms with Crippen molar-refractivity contribution in [3.05, 3.63) is 11.6 Å². The molecule has 0 saturated carbocycles. The second kappa shape index (κ2) is 8.93. The van der Waals surface area contributed by atoms with Crippen molar-refractivity contribution >= 4 is 11.7 Å². The molecule has 0 bridgehead atoms. The van der Waals surface area contributed by atoms with Crippen LogP contribution < -0.4 is 5.32 Å². The minimum atomic E-state index is -0.681. The number of hydrogen-bond donors (Lipinski definition) is 2. The molecule has 0 unspecified atom stereocenters. The number of rotatable bonds is 8. The number of carbonyl (C=O) groups is 2. The summed E-state index contributed by atoms with van der Waals surface area (Å²) in [4.78, 5) is 23.4. The van der Waals surface area contributed by atoms with E-state index in [1.807, 2.05) is 6.08 Å². The van der Waals surface area contributed by atoms with Crippen LogP contribution in [0.15, 0.2) is 11.6 Å². The van der Waals surface area contributed by atoms with Gasteiger partial charge in [-0.15, -0.1) is 0 Å². The minimum Gasteiger partial charge on any atom is -0.395 e. The van der Waals surface area contributed by atoms with Crippen LogP contribution in [0.2, 0.25) is 0 Å². The van der Waals surface area contributed by atoms with Gasteiger partial charge in [-0.25, -0.2) is 0 Å². The van der Waals surface area contributed by atoms with Crippen LogP contribution in [-0.2, 0) is 9.59 Å². The summed E-state index contributed by atoms with van der Waals surface area (Å²) >= 11 is 0. The fourth-order valence-electron chi connectivity index (χ4n) is 1.42. The van der Waals surface area contributed by atoms with Gasteiger partial charge in [0.2, 0.25) is 5.91 Å². The van der Waals surface area contributed by atoms with E-state index in [1.54, 1.807) is 13.8 Å². The highest BCUT2D eigenvalue weighted by atomic mass is 16.3. The predicted octanol–water partition coefficient (Wildman–Crippen LogP) is 1.44. The topological polar surface area (TPSA) is 66.4 Å². The van der Waals surface area contributed by atoms with Crippen molar-refractivity contribution < 1.29 is 14.7 Å². The molecular formula is C13H23NO3. The van der Waals surface area contributed by atoms with Crippen molar-refractivity contribution in [3.8, 4) is 0 Å². The fourth-order valence-corrected chi connectivity index (χ4v) is 1.42. The smallest absolute Gasteiger partial charge is 0.230 e. The van der Waals surface area contributed by atoms with Crippen LogP contribution in [-0.4, -0.2) is 29.9 Å². The SMILES string of the molecule is CCCC/C=C(\C)C(=O)[C@@H](C)C(=O)NCCO. The summed E-state index contributed by atoms with van der Waals surface area (Å²) in [6, 6.07) is 0. The molecule has 0 aromatic rings. The lowest BCUT2D eigenvalue weighted by Gasteiger charge is -2.10. The molecule has 0 aliphatic carbocycles. The van der Waals surface area contributed by atoms with Crippen molar-refractivity contribution in [2.45, 2.75) is 40.0 Å². The van der Waals surface area contributed by atoms with Gasteiger partial charge < -0.3 is 10.4 Å². The summed E-state index contributed by atoms with van der Waals surface area (Å²) in [6.45, 7) is 5.50. The van der Waals surface area contributed by atoms with Gasteiger partial charge in [-0.1, -0.05) is 25.8 Å². The molecular weight excluding hydrogens is 218 g/mol. The molecule has 0 spiro atoms. The first-order valence-corrected chi connectivity index (χ1v) is 6.14. The molecule has 0 heterocycles. The number of amides is 1. The molecule has 4 heteroatoms. The second-order valence-electron chi connectivity index (χ2n) is 4.13. The third kappa shape index (κ3) is 6.22. The van der Waals surface area contributed by atoms with E-state index in [0.717, 1.165) is 19.3 Å². The Labute approximate surface area is 103 Å². The van der Waals surface area contributed by atoms with Crippen molar-refractivity contribution in [2.24, 2.45) is 5.92 Å².